The van der Waals surface area contributed by atoms with Crippen LogP contribution in [-0.4, -0.2) is 34.0 Å². The van der Waals surface area contributed by atoms with Gasteiger partial charge in [0.1, 0.15) is 5.82 Å². The summed E-state index contributed by atoms with van der Waals surface area (Å²) >= 11 is 0. The van der Waals surface area contributed by atoms with Crippen molar-refractivity contribution in [1.82, 2.24) is 15.0 Å². The Balaban J connectivity index is 1.48. The fourth-order valence-corrected chi connectivity index (χ4v) is 3.70. The number of hydrogen-bond acceptors (Lipinski definition) is 4. The van der Waals surface area contributed by atoms with E-state index >= 15 is 0 Å². The molecule has 1 saturated heterocycles. The minimum absolute atomic E-state index is 0.0163. The number of amides is 1. The van der Waals surface area contributed by atoms with Crippen LogP contribution in [0.2, 0.25) is 0 Å². The average Bonchev–Trinajstić information content (AvgIpc) is 3.24. The summed E-state index contributed by atoms with van der Waals surface area (Å²) in [6, 6.07) is 14.0. The normalized spacial score (nSPS) is 17.0. The van der Waals surface area contributed by atoms with Crippen molar-refractivity contribution in [2.75, 3.05) is 13.1 Å². The Morgan fingerprint density at radius 3 is 2.72 bits per heavy atom. The molecule has 0 saturated carbocycles. The SMILES string of the molecule is CC(C)c1ccc(-c2noc(C3CCCN(C(=O)c4cccc(F)c4)C3)n2)cc1. The Morgan fingerprint density at radius 1 is 1.21 bits per heavy atom. The summed E-state index contributed by atoms with van der Waals surface area (Å²) in [6.45, 7) is 5.44. The Morgan fingerprint density at radius 2 is 2.00 bits per heavy atom. The smallest absolute Gasteiger partial charge is 0.253 e. The molecule has 1 unspecified atom stereocenters. The van der Waals surface area contributed by atoms with E-state index in [0.717, 1.165) is 18.4 Å². The quantitative estimate of drug-likeness (QED) is 0.625. The molecule has 0 spiro atoms. The van der Waals surface area contributed by atoms with Crippen LogP contribution in [0.3, 0.4) is 0 Å². The lowest BCUT2D eigenvalue weighted by atomic mass is 9.97. The van der Waals surface area contributed by atoms with Crippen LogP contribution >= 0.6 is 0 Å². The number of halogens is 1. The molecular weight excluding hydrogens is 369 g/mol. The summed E-state index contributed by atoms with van der Waals surface area (Å²) in [5, 5.41) is 4.14. The second-order valence-electron chi connectivity index (χ2n) is 7.83. The van der Waals surface area contributed by atoms with E-state index < -0.39 is 5.82 Å². The number of nitrogens with zero attached hydrogens (tertiary/aromatic N) is 3. The fourth-order valence-electron chi connectivity index (χ4n) is 3.70. The number of benzene rings is 2. The van der Waals surface area contributed by atoms with Gasteiger partial charge in [-0.1, -0.05) is 49.3 Å². The van der Waals surface area contributed by atoms with E-state index in [1.54, 1.807) is 17.0 Å². The number of aromatic nitrogens is 2. The summed E-state index contributed by atoms with van der Waals surface area (Å²) in [5.74, 6) is 0.979. The lowest BCUT2D eigenvalue weighted by Gasteiger charge is -2.31. The average molecular weight is 393 g/mol. The summed E-state index contributed by atoms with van der Waals surface area (Å²) < 4.78 is 19.0. The molecule has 5 nitrogen and oxygen atoms in total. The summed E-state index contributed by atoms with van der Waals surface area (Å²) in [4.78, 5) is 19.1. The zero-order chi connectivity index (χ0) is 20.4. The van der Waals surface area contributed by atoms with Gasteiger partial charge in [0, 0.05) is 24.2 Å². The van der Waals surface area contributed by atoms with Crippen molar-refractivity contribution in [3.63, 3.8) is 0 Å². The third-order valence-electron chi connectivity index (χ3n) is 5.41. The summed E-state index contributed by atoms with van der Waals surface area (Å²) in [6.07, 6.45) is 1.72. The molecule has 1 atom stereocenters. The molecule has 29 heavy (non-hydrogen) atoms. The highest BCUT2D eigenvalue weighted by Gasteiger charge is 2.29. The standard InChI is InChI=1S/C23H24FN3O2/c1-15(2)16-8-10-17(11-9-16)21-25-22(29-26-21)19-6-4-12-27(14-19)23(28)18-5-3-7-20(24)13-18/h3,5,7-11,13,15,19H,4,6,12,14H2,1-2H3. The van der Waals surface area contributed by atoms with Crippen LogP contribution in [0.15, 0.2) is 53.1 Å². The molecule has 2 heterocycles. The monoisotopic (exact) mass is 393 g/mol. The molecular formula is C23H24FN3O2. The van der Waals surface area contributed by atoms with Crippen LogP contribution in [0, 0.1) is 5.82 Å². The molecule has 0 radical (unpaired) electrons. The molecule has 1 aromatic heterocycles. The van der Waals surface area contributed by atoms with Crippen LogP contribution in [0.4, 0.5) is 4.39 Å². The number of piperidine rings is 1. The lowest BCUT2D eigenvalue weighted by molar-refractivity contribution is 0.0695. The van der Waals surface area contributed by atoms with Crippen molar-refractivity contribution in [2.24, 2.45) is 0 Å². The van der Waals surface area contributed by atoms with Crippen LogP contribution < -0.4 is 0 Å². The number of likely N-dealkylation sites (tertiary alicyclic amines) is 1. The molecule has 4 rings (SSSR count). The maximum atomic E-state index is 13.5. The van der Waals surface area contributed by atoms with Gasteiger partial charge in [0.2, 0.25) is 11.7 Å². The minimum atomic E-state index is -0.408. The van der Waals surface area contributed by atoms with Gasteiger partial charge in [-0.15, -0.1) is 0 Å². The zero-order valence-electron chi connectivity index (χ0n) is 16.6. The molecule has 3 aromatic rings. The molecule has 0 aliphatic carbocycles. The van der Waals surface area contributed by atoms with Crippen molar-refractivity contribution < 1.29 is 13.7 Å². The van der Waals surface area contributed by atoms with Gasteiger partial charge >= 0.3 is 0 Å². The number of carbonyl (C=O) groups excluding carboxylic acids is 1. The third kappa shape index (κ3) is 4.21. The Bertz CT molecular complexity index is 997. The van der Waals surface area contributed by atoms with Crippen molar-refractivity contribution in [2.45, 2.75) is 38.5 Å². The number of hydrogen-bond donors (Lipinski definition) is 0. The molecule has 6 heteroatoms. The van der Waals surface area contributed by atoms with E-state index in [0.29, 0.717) is 36.3 Å². The maximum absolute atomic E-state index is 13.5. The molecule has 2 aromatic carbocycles. The number of rotatable bonds is 4. The van der Waals surface area contributed by atoms with E-state index in [9.17, 15) is 9.18 Å². The van der Waals surface area contributed by atoms with Crippen LogP contribution in [-0.2, 0) is 0 Å². The van der Waals surface area contributed by atoms with Crippen LogP contribution in [0.5, 0.6) is 0 Å². The van der Waals surface area contributed by atoms with Crippen molar-refractivity contribution in [1.29, 1.82) is 0 Å². The highest BCUT2D eigenvalue weighted by atomic mass is 19.1. The van der Waals surface area contributed by atoms with E-state index in [4.69, 9.17) is 4.52 Å². The number of carbonyl (C=O) groups is 1. The van der Waals surface area contributed by atoms with Gasteiger partial charge in [-0.05, 0) is 42.5 Å². The van der Waals surface area contributed by atoms with E-state index in [1.807, 2.05) is 12.1 Å². The Kier molecular flexibility index (Phi) is 5.43. The van der Waals surface area contributed by atoms with Gasteiger partial charge in [0.15, 0.2) is 0 Å². The first-order valence-electron chi connectivity index (χ1n) is 10.00. The van der Waals surface area contributed by atoms with Gasteiger partial charge in [0.05, 0.1) is 5.92 Å². The van der Waals surface area contributed by atoms with E-state index in [-0.39, 0.29) is 11.8 Å². The molecule has 0 N–H and O–H groups in total. The fraction of sp³-hybridized carbons (Fsp3) is 0.348. The molecule has 1 fully saturated rings. The van der Waals surface area contributed by atoms with Gasteiger partial charge in [-0.3, -0.25) is 4.79 Å². The van der Waals surface area contributed by atoms with E-state index in [2.05, 4.69) is 36.1 Å². The van der Waals surface area contributed by atoms with E-state index in [1.165, 1.54) is 17.7 Å². The van der Waals surface area contributed by atoms with Gasteiger partial charge in [-0.25, -0.2) is 4.39 Å². The molecule has 1 aliphatic heterocycles. The highest BCUT2D eigenvalue weighted by molar-refractivity contribution is 5.94. The van der Waals surface area contributed by atoms with Crippen LogP contribution in [0.1, 0.15) is 60.3 Å². The van der Waals surface area contributed by atoms with Crippen molar-refractivity contribution in [3.8, 4) is 11.4 Å². The van der Waals surface area contributed by atoms with Crippen molar-refractivity contribution >= 4 is 5.91 Å². The lowest BCUT2D eigenvalue weighted by Crippen LogP contribution is -2.39. The predicted molar refractivity (Wildman–Crippen MR) is 108 cm³/mol. The highest BCUT2D eigenvalue weighted by Crippen LogP contribution is 2.29. The topological polar surface area (TPSA) is 59.2 Å². The first-order chi connectivity index (χ1) is 14.0. The Labute approximate surface area is 169 Å². The zero-order valence-corrected chi connectivity index (χ0v) is 16.6. The molecule has 1 amide bonds. The molecule has 150 valence electrons. The third-order valence-corrected chi connectivity index (χ3v) is 5.41. The molecule has 0 bridgehead atoms. The maximum Gasteiger partial charge on any atom is 0.253 e. The summed E-state index contributed by atoms with van der Waals surface area (Å²) in [5.41, 5.74) is 2.53. The molecule has 1 aliphatic rings. The second kappa shape index (κ2) is 8.15. The van der Waals surface area contributed by atoms with Gasteiger partial charge in [-0.2, -0.15) is 4.98 Å². The van der Waals surface area contributed by atoms with Gasteiger partial charge < -0.3 is 9.42 Å². The predicted octanol–water partition coefficient (Wildman–Crippen LogP) is 5.02. The first-order valence-corrected chi connectivity index (χ1v) is 10.00. The minimum Gasteiger partial charge on any atom is -0.339 e. The summed E-state index contributed by atoms with van der Waals surface area (Å²) in [7, 11) is 0. The Hall–Kier alpha value is -3.02. The largest absolute Gasteiger partial charge is 0.339 e. The first kappa shape index (κ1) is 19.3. The van der Waals surface area contributed by atoms with Crippen molar-refractivity contribution in [3.05, 3.63) is 71.4 Å². The van der Waals surface area contributed by atoms with Gasteiger partial charge in [0.25, 0.3) is 5.91 Å². The second-order valence-corrected chi connectivity index (χ2v) is 7.83. The van der Waals surface area contributed by atoms with Crippen LogP contribution in [0.25, 0.3) is 11.4 Å².